The quantitative estimate of drug-likeness (QED) is 0.415. The van der Waals surface area contributed by atoms with Gasteiger partial charge >= 0.3 is 0 Å². The minimum atomic E-state index is 0.607. The Labute approximate surface area is 157 Å². The lowest BCUT2D eigenvalue weighted by Gasteiger charge is -2.21. The number of methoxy groups -OCH3 is 3. The van der Waals surface area contributed by atoms with Crippen LogP contribution in [0.25, 0.3) is 0 Å². The first kappa shape index (κ1) is 20.4. The summed E-state index contributed by atoms with van der Waals surface area (Å²) in [5.74, 6) is 3.18. The van der Waals surface area contributed by atoms with Gasteiger partial charge < -0.3 is 24.4 Å². The van der Waals surface area contributed by atoms with Crippen molar-refractivity contribution in [3.05, 3.63) is 23.8 Å². The Bertz CT molecular complexity index is 577. The minimum Gasteiger partial charge on any atom is -0.493 e. The number of nitrogens with one attached hydrogen (secondary N) is 1. The van der Waals surface area contributed by atoms with Gasteiger partial charge in [0.05, 0.1) is 20.8 Å². The fourth-order valence-electron chi connectivity index (χ4n) is 3.33. The first-order valence-electron chi connectivity index (χ1n) is 9.44. The third-order valence-electron chi connectivity index (χ3n) is 4.66. The number of hydrogen-bond acceptors (Lipinski definition) is 4. The first-order chi connectivity index (χ1) is 12.7. The van der Waals surface area contributed by atoms with Gasteiger partial charge in [-0.2, -0.15) is 0 Å². The van der Waals surface area contributed by atoms with Gasteiger partial charge in [-0.1, -0.05) is 6.07 Å². The molecule has 2 rings (SSSR count). The number of aryl methyl sites for hydroxylation is 1. The Morgan fingerprint density at radius 1 is 1.23 bits per heavy atom. The molecule has 0 saturated carbocycles. The molecule has 26 heavy (non-hydrogen) atoms. The maximum absolute atomic E-state index is 5.37. The molecule has 1 aromatic carbocycles. The molecule has 1 N–H and O–H groups in total. The number of benzene rings is 1. The Morgan fingerprint density at radius 2 is 2.04 bits per heavy atom. The third-order valence-corrected chi connectivity index (χ3v) is 4.66. The molecule has 1 heterocycles. The molecule has 1 fully saturated rings. The fourth-order valence-corrected chi connectivity index (χ4v) is 3.33. The minimum absolute atomic E-state index is 0.607. The lowest BCUT2D eigenvalue weighted by molar-refractivity contribution is 0.157. The number of rotatable bonds is 9. The van der Waals surface area contributed by atoms with Crippen molar-refractivity contribution in [2.24, 2.45) is 10.9 Å². The smallest absolute Gasteiger partial charge is 0.193 e. The van der Waals surface area contributed by atoms with Crippen LogP contribution in [0.5, 0.6) is 11.5 Å². The highest BCUT2D eigenvalue weighted by atomic mass is 16.5. The molecule has 0 radical (unpaired) electrons. The van der Waals surface area contributed by atoms with Gasteiger partial charge in [0.2, 0.25) is 0 Å². The molecule has 1 aliphatic heterocycles. The number of likely N-dealkylation sites (tertiary alicyclic amines) is 1. The molecule has 1 unspecified atom stereocenters. The van der Waals surface area contributed by atoms with Crippen LogP contribution in [0.4, 0.5) is 0 Å². The van der Waals surface area contributed by atoms with Crippen molar-refractivity contribution < 1.29 is 14.2 Å². The average Bonchev–Trinajstić information content (AvgIpc) is 3.12. The van der Waals surface area contributed by atoms with E-state index in [0.29, 0.717) is 5.92 Å². The molecule has 0 amide bonds. The van der Waals surface area contributed by atoms with Crippen molar-refractivity contribution in [2.45, 2.75) is 26.2 Å². The van der Waals surface area contributed by atoms with Crippen molar-refractivity contribution in [3.63, 3.8) is 0 Å². The summed E-state index contributed by atoms with van der Waals surface area (Å²) in [6.45, 7) is 6.71. The number of aliphatic imine (C=N–C) groups is 1. The predicted molar refractivity (Wildman–Crippen MR) is 105 cm³/mol. The van der Waals surface area contributed by atoms with Gasteiger partial charge in [-0.05, 0) is 43.9 Å². The average molecular weight is 364 g/mol. The van der Waals surface area contributed by atoms with Crippen LogP contribution >= 0.6 is 0 Å². The summed E-state index contributed by atoms with van der Waals surface area (Å²) in [6.07, 6.45) is 3.14. The molecule has 1 atom stereocenters. The van der Waals surface area contributed by atoms with Crippen LogP contribution in [0.15, 0.2) is 23.2 Å². The van der Waals surface area contributed by atoms with Gasteiger partial charge in [0, 0.05) is 39.2 Å². The maximum Gasteiger partial charge on any atom is 0.193 e. The fraction of sp³-hybridized carbons (Fsp3) is 0.650. The van der Waals surface area contributed by atoms with Crippen LogP contribution < -0.4 is 14.8 Å². The van der Waals surface area contributed by atoms with E-state index in [0.717, 1.165) is 63.1 Å². The highest BCUT2D eigenvalue weighted by Gasteiger charge is 2.24. The highest BCUT2D eigenvalue weighted by Crippen LogP contribution is 2.28. The van der Waals surface area contributed by atoms with E-state index >= 15 is 0 Å². The lowest BCUT2D eigenvalue weighted by Crippen LogP contribution is -2.40. The van der Waals surface area contributed by atoms with Gasteiger partial charge in [0.15, 0.2) is 17.5 Å². The molecule has 146 valence electrons. The third kappa shape index (κ3) is 5.80. The summed E-state index contributed by atoms with van der Waals surface area (Å²) in [7, 11) is 5.10. The molecule has 0 bridgehead atoms. The van der Waals surface area contributed by atoms with E-state index in [1.807, 2.05) is 12.1 Å². The Morgan fingerprint density at radius 3 is 2.73 bits per heavy atom. The Kier molecular flexibility index (Phi) is 8.54. The molecule has 0 aromatic heterocycles. The van der Waals surface area contributed by atoms with Gasteiger partial charge in [0.25, 0.3) is 0 Å². The molecule has 1 aliphatic rings. The standard InChI is InChI=1S/C20H33N3O3/c1-5-21-20(23-12-10-17(14-23)15-24-2)22-11-6-7-16-8-9-18(25-3)19(13-16)26-4/h8-9,13,17H,5-7,10-12,14-15H2,1-4H3,(H,21,22). The zero-order chi connectivity index (χ0) is 18.8. The van der Waals surface area contributed by atoms with Crippen LogP contribution in [-0.2, 0) is 11.2 Å². The van der Waals surface area contributed by atoms with Crippen LogP contribution in [0.1, 0.15) is 25.3 Å². The largest absolute Gasteiger partial charge is 0.493 e. The van der Waals surface area contributed by atoms with Crippen molar-refractivity contribution >= 4 is 5.96 Å². The summed E-state index contributed by atoms with van der Waals surface area (Å²) in [4.78, 5) is 7.17. The summed E-state index contributed by atoms with van der Waals surface area (Å²) >= 11 is 0. The first-order valence-corrected chi connectivity index (χ1v) is 9.44. The number of guanidine groups is 1. The zero-order valence-corrected chi connectivity index (χ0v) is 16.6. The summed E-state index contributed by atoms with van der Waals surface area (Å²) in [5.41, 5.74) is 1.24. The molecule has 1 aromatic rings. The second-order valence-electron chi connectivity index (χ2n) is 6.58. The second kappa shape index (κ2) is 10.9. The monoisotopic (exact) mass is 363 g/mol. The van der Waals surface area contributed by atoms with Crippen LogP contribution in [0.3, 0.4) is 0 Å². The topological polar surface area (TPSA) is 55.3 Å². The second-order valence-corrected chi connectivity index (χ2v) is 6.58. The summed E-state index contributed by atoms with van der Waals surface area (Å²) < 4.78 is 16.0. The molecule has 6 nitrogen and oxygen atoms in total. The van der Waals surface area contributed by atoms with Crippen molar-refractivity contribution in [3.8, 4) is 11.5 Å². The van der Waals surface area contributed by atoms with Gasteiger partial charge in [0.1, 0.15) is 0 Å². The number of hydrogen-bond donors (Lipinski definition) is 1. The van der Waals surface area contributed by atoms with E-state index in [9.17, 15) is 0 Å². The van der Waals surface area contributed by atoms with E-state index in [2.05, 4.69) is 23.2 Å². The predicted octanol–water partition coefficient (Wildman–Crippen LogP) is 2.57. The molecular weight excluding hydrogens is 330 g/mol. The SMILES string of the molecule is CCNC(=NCCCc1ccc(OC)c(OC)c1)N1CCC(COC)C1. The molecule has 1 saturated heterocycles. The molecule has 0 spiro atoms. The maximum atomic E-state index is 5.37. The number of nitrogens with zero attached hydrogens (tertiary/aromatic N) is 2. The highest BCUT2D eigenvalue weighted by molar-refractivity contribution is 5.80. The molecule has 6 heteroatoms. The van der Waals surface area contributed by atoms with E-state index in [1.165, 1.54) is 12.0 Å². The Balaban J connectivity index is 1.86. The number of ether oxygens (including phenoxy) is 3. The van der Waals surface area contributed by atoms with E-state index < -0.39 is 0 Å². The summed E-state index contributed by atoms with van der Waals surface area (Å²) in [5, 5.41) is 3.42. The van der Waals surface area contributed by atoms with Crippen LogP contribution in [0.2, 0.25) is 0 Å². The summed E-state index contributed by atoms with van der Waals surface area (Å²) in [6, 6.07) is 6.09. The van der Waals surface area contributed by atoms with Crippen LogP contribution in [0, 0.1) is 5.92 Å². The van der Waals surface area contributed by atoms with E-state index in [4.69, 9.17) is 19.2 Å². The van der Waals surface area contributed by atoms with Crippen molar-refractivity contribution in [1.29, 1.82) is 0 Å². The van der Waals surface area contributed by atoms with E-state index in [1.54, 1.807) is 21.3 Å². The van der Waals surface area contributed by atoms with Gasteiger partial charge in [-0.3, -0.25) is 4.99 Å². The van der Waals surface area contributed by atoms with Gasteiger partial charge in [-0.25, -0.2) is 0 Å². The van der Waals surface area contributed by atoms with Gasteiger partial charge in [-0.15, -0.1) is 0 Å². The van der Waals surface area contributed by atoms with Crippen molar-refractivity contribution in [1.82, 2.24) is 10.2 Å². The van der Waals surface area contributed by atoms with E-state index in [-0.39, 0.29) is 0 Å². The molecule has 0 aliphatic carbocycles. The molecular formula is C20H33N3O3. The van der Waals surface area contributed by atoms with Crippen LogP contribution in [-0.4, -0.2) is 65.0 Å². The zero-order valence-electron chi connectivity index (χ0n) is 16.6. The lowest BCUT2D eigenvalue weighted by atomic mass is 10.1. The normalized spacial score (nSPS) is 17.5. The van der Waals surface area contributed by atoms with Crippen molar-refractivity contribution in [2.75, 3.05) is 54.1 Å². The Hall–Kier alpha value is -1.95.